The van der Waals surface area contributed by atoms with E-state index in [9.17, 15) is 9.59 Å². The number of benzene rings is 1. The predicted octanol–water partition coefficient (Wildman–Crippen LogP) is 2.11. The van der Waals surface area contributed by atoms with Crippen molar-refractivity contribution in [3.8, 4) is 11.1 Å². The van der Waals surface area contributed by atoms with E-state index in [-0.39, 0.29) is 11.8 Å². The summed E-state index contributed by atoms with van der Waals surface area (Å²) in [5.74, 6) is 0.620. The van der Waals surface area contributed by atoms with E-state index in [0.29, 0.717) is 18.1 Å². The van der Waals surface area contributed by atoms with Gasteiger partial charge in [-0.2, -0.15) is 0 Å². The number of nitrogens with zero attached hydrogens (tertiary/aromatic N) is 5. The van der Waals surface area contributed by atoms with E-state index in [1.807, 2.05) is 42.2 Å². The Hall–Kier alpha value is -3.00. The van der Waals surface area contributed by atoms with Crippen LogP contribution >= 0.6 is 0 Å². The fourth-order valence-electron chi connectivity index (χ4n) is 4.61. The Morgan fingerprint density at radius 2 is 1.94 bits per heavy atom. The second kappa shape index (κ2) is 9.65. The molecule has 0 aliphatic carbocycles. The zero-order valence-electron chi connectivity index (χ0n) is 19.0. The number of likely N-dealkylation sites (tertiary alicyclic amines) is 2. The molecule has 0 unspecified atom stereocenters. The van der Waals surface area contributed by atoms with Crippen LogP contribution < -0.4 is 10.6 Å². The predicted molar refractivity (Wildman–Crippen MR) is 125 cm³/mol. The molecule has 1 aromatic heterocycles. The highest BCUT2D eigenvalue weighted by Crippen LogP contribution is 2.34. The summed E-state index contributed by atoms with van der Waals surface area (Å²) in [4.78, 5) is 40.0. The van der Waals surface area contributed by atoms with E-state index in [4.69, 9.17) is 10.7 Å². The van der Waals surface area contributed by atoms with Gasteiger partial charge in [-0.05, 0) is 49.9 Å². The van der Waals surface area contributed by atoms with Crippen molar-refractivity contribution in [3.63, 3.8) is 0 Å². The monoisotopic (exact) mass is 436 g/mol. The molecule has 2 aromatic rings. The maximum atomic E-state index is 12.7. The van der Waals surface area contributed by atoms with E-state index >= 15 is 0 Å². The molecule has 2 saturated heterocycles. The highest BCUT2D eigenvalue weighted by atomic mass is 16.2. The summed E-state index contributed by atoms with van der Waals surface area (Å²) in [7, 11) is 3.84. The van der Waals surface area contributed by atoms with Gasteiger partial charge in [0.2, 0.25) is 17.8 Å². The number of hydrogen-bond donors (Lipinski definition) is 1. The Kier molecular flexibility index (Phi) is 6.69. The Morgan fingerprint density at radius 3 is 2.66 bits per heavy atom. The third-order valence-corrected chi connectivity index (χ3v) is 6.39. The van der Waals surface area contributed by atoms with Crippen LogP contribution in [0, 0.1) is 0 Å². The molecule has 2 amide bonds. The van der Waals surface area contributed by atoms with E-state index in [0.717, 1.165) is 62.3 Å². The SMILES string of the molecule is CN(C)c1ncc(-c2cccc(C(N)=O)c2)c([C@@H]2CCN(CC(=O)N3CCCCC3)C2)n1. The van der Waals surface area contributed by atoms with Crippen molar-refractivity contribution in [2.75, 3.05) is 51.7 Å². The molecule has 8 heteroatoms. The molecule has 8 nitrogen and oxygen atoms in total. The van der Waals surface area contributed by atoms with Gasteiger partial charge in [0, 0.05) is 57.0 Å². The number of carbonyl (C=O) groups excluding carboxylic acids is 2. The van der Waals surface area contributed by atoms with Crippen LogP contribution in [0.2, 0.25) is 0 Å². The first kappa shape index (κ1) is 22.2. The van der Waals surface area contributed by atoms with Gasteiger partial charge in [-0.1, -0.05) is 12.1 Å². The maximum Gasteiger partial charge on any atom is 0.248 e. The van der Waals surface area contributed by atoms with E-state index in [1.165, 1.54) is 6.42 Å². The van der Waals surface area contributed by atoms with Crippen LogP contribution in [0.3, 0.4) is 0 Å². The number of piperidine rings is 1. The number of carbonyl (C=O) groups is 2. The number of anilines is 1. The molecule has 2 fully saturated rings. The lowest BCUT2D eigenvalue weighted by Gasteiger charge is -2.28. The van der Waals surface area contributed by atoms with Gasteiger partial charge in [-0.25, -0.2) is 9.97 Å². The lowest BCUT2D eigenvalue weighted by atomic mass is 9.95. The first-order valence-corrected chi connectivity index (χ1v) is 11.4. The van der Waals surface area contributed by atoms with Crippen molar-refractivity contribution in [1.29, 1.82) is 0 Å². The Morgan fingerprint density at radius 1 is 1.16 bits per heavy atom. The van der Waals surface area contributed by atoms with Crippen molar-refractivity contribution in [1.82, 2.24) is 19.8 Å². The number of aromatic nitrogens is 2. The summed E-state index contributed by atoms with van der Waals surface area (Å²) in [6, 6.07) is 7.30. The summed E-state index contributed by atoms with van der Waals surface area (Å²) in [6.45, 7) is 3.88. The zero-order chi connectivity index (χ0) is 22.7. The summed E-state index contributed by atoms with van der Waals surface area (Å²) >= 11 is 0. The molecule has 0 bridgehead atoms. The third-order valence-electron chi connectivity index (χ3n) is 6.39. The summed E-state index contributed by atoms with van der Waals surface area (Å²) < 4.78 is 0. The number of nitrogens with two attached hydrogens (primary N) is 1. The van der Waals surface area contributed by atoms with Crippen LogP contribution in [0.1, 0.15) is 47.7 Å². The second-order valence-electron chi connectivity index (χ2n) is 8.97. The fourth-order valence-corrected chi connectivity index (χ4v) is 4.61. The van der Waals surface area contributed by atoms with Crippen LogP contribution in [-0.4, -0.2) is 78.4 Å². The van der Waals surface area contributed by atoms with E-state index in [1.54, 1.807) is 12.1 Å². The van der Waals surface area contributed by atoms with Gasteiger partial charge in [0.05, 0.1) is 12.2 Å². The van der Waals surface area contributed by atoms with Gasteiger partial charge in [0.1, 0.15) is 0 Å². The first-order chi connectivity index (χ1) is 15.4. The van der Waals surface area contributed by atoms with E-state index < -0.39 is 5.91 Å². The summed E-state index contributed by atoms with van der Waals surface area (Å²) in [5, 5.41) is 0. The van der Waals surface area contributed by atoms with E-state index in [2.05, 4.69) is 9.88 Å². The highest BCUT2D eigenvalue weighted by molar-refractivity contribution is 5.94. The van der Waals surface area contributed by atoms with Crippen molar-refractivity contribution >= 4 is 17.8 Å². The quantitative estimate of drug-likeness (QED) is 0.745. The molecule has 2 N–H and O–H groups in total. The molecule has 170 valence electrons. The molecule has 2 aliphatic rings. The average Bonchev–Trinajstić information content (AvgIpc) is 3.27. The van der Waals surface area contributed by atoms with Crippen LogP contribution in [0.25, 0.3) is 11.1 Å². The summed E-state index contributed by atoms with van der Waals surface area (Å²) in [6.07, 6.45) is 6.20. The number of amides is 2. The second-order valence-corrected chi connectivity index (χ2v) is 8.97. The third kappa shape index (κ3) is 4.91. The standard InChI is InChI=1S/C24H32N6O2/c1-28(2)24-26-14-20(17-7-6-8-18(13-17)23(25)32)22(27-24)19-9-12-29(15-19)16-21(31)30-10-4-3-5-11-30/h6-8,13-14,19H,3-5,9-12,15-16H2,1-2H3,(H2,25,32)/t19-/m1/s1. The molecule has 32 heavy (non-hydrogen) atoms. The molecule has 0 spiro atoms. The van der Waals surface area contributed by atoms with Gasteiger partial charge in [0.15, 0.2) is 0 Å². The molecule has 4 rings (SSSR count). The Balaban J connectivity index is 1.57. The van der Waals surface area contributed by atoms with Gasteiger partial charge < -0.3 is 15.5 Å². The van der Waals surface area contributed by atoms with Gasteiger partial charge in [0.25, 0.3) is 0 Å². The molecule has 2 aliphatic heterocycles. The smallest absolute Gasteiger partial charge is 0.248 e. The molecule has 1 aromatic carbocycles. The summed E-state index contributed by atoms with van der Waals surface area (Å²) in [5.41, 5.74) is 8.70. The molecule has 0 saturated carbocycles. The fraction of sp³-hybridized carbons (Fsp3) is 0.500. The number of rotatable bonds is 6. The van der Waals surface area contributed by atoms with Crippen LogP contribution in [0.5, 0.6) is 0 Å². The molecular weight excluding hydrogens is 404 g/mol. The lowest BCUT2D eigenvalue weighted by Crippen LogP contribution is -2.42. The lowest BCUT2D eigenvalue weighted by molar-refractivity contribution is -0.133. The Bertz CT molecular complexity index is 986. The minimum Gasteiger partial charge on any atom is -0.366 e. The normalized spacial score (nSPS) is 19.2. The Labute approximate surface area is 189 Å². The van der Waals surface area contributed by atoms with Crippen molar-refractivity contribution < 1.29 is 9.59 Å². The number of hydrogen-bond acceptors (Lipinski definition) is 6. The topological polar surface area (TPSA) is 95.7 Å². The molecule has 0 radical (unpaired) electrons. The first-order valence-electron chi connectivity index (χ1n) is 11.4. The largest absolute Gasteiger partial charge is 0.366 e. The zero-order valence-corrected chi connectivity index (χ0v) is 19.0. The molecular formula is C24H32N6O2. The molecule has 1 atom stereocenters. The van der Waals surface area contributed by atoms with Crippen LogP contribution in [0.15, 0.2) is 30.5 Å². The number of primary amides is 1. The minimum atomic E-state index is -0.456. The van der Waals surface area contributed by atoms with Crippen molar-refractivity contribution in [2.24, 2.45) is 5.73 Å². The van der Waals surface area contributed by atoms with Crippen LogP contribution in [0.4, 0.5) is 5.95 Å². The van der Waals surface area contributed by atoms with Crippen molar-refractivity contribution in [3.05, 3.63) is 41.7 Å². The maximum absolute atomic E-state index is 12.7. The van der Waals surface area contributed by atoms with Gasteiger partial charge in [-0.3, -0.25) is 14.5 Å². The van der Waals surface area contributed by atoms with Gasteiger partial charge >= 0.3 is 0 Å². The minimum absolute atomic E-state index is 0.193. The van der Waals surface area contributed by atoms with Crippen LogP contribution in [-0.2, 0) is 4.79 Å². The average molecular weight is 437 g/mol. The molecule has 3 heterocycles. The highest BCUT2D eigenvalue weighted by Gasteiger charge is 2.30. The van der Waals surface area contributed by atoms with Gasteiger partial charge in [-0.15, -0.1) is 0 Å². The van der Waals surface area contributed by atoms with Crippen molar-refractivity contribution in [2.45, 2.75) is 31.6 Å².